The molecule has 0 aromatic rings. The number of alkyl halides is 4. The number of hydrogen-bond acceptors (Lipinski definition) is 26. The number of aliphatic hydroxyl groups is 13. The normalized spacial score (nSPS) is 49.8. The molecule has 20 rings (SSSR count). The Morgan fingerprint density at radius 1 is 0.393 bits per heavy atom. The molecular weight excluding hydrogens is 1830 g/mol. The number of hydrogen-bond donors (Lipinski definition) is 13. The molecule has 20 aliphatic rings. The third kappa shape index (κ3) is 13.9. The van der Waals surface area contributed by atoms with E-state index in [0.29, 0.717) is 93.8 Å². The first-order valence-corrected chi connectivity index (χ1v) is 51.2. The van der Waals surface area contributed by atoms with E-state index in [9.17, 15) is 124 Å². The third-order valence-electron chi connectivity index (χ3n) is 42.8. The summed E-state index contributed by atoms with van der Waals surface area (Å²) < 4.78 is 56.7. The van der Waals surface area contributed by atoms with Gasteiger partial charge in [0.25, 0.3) is 0 Å². The van der Waals surface area contributed by atoms with Gasteiger partial charge in [0, 0.05) is 102 Å². The number of aliphatic hydroxyl groups excluding tert-OH is 9. The molecule has 20 aliphatic carbocycles. The number of carbonyl (C=O) groups excluding carboxylic acids is 12. The Morgan fingerprint density at radius 3 is 1.19 bits per heavy atom. The highest BCUT2D eigenvalue weighted by Gasteiger charge is 2.82. The largest absolute Gasteiger partial charge is 0.450 e. The molecule has 140 heavy (non-hydrogen) atoms. The quantitative estimate of drug-likeness (QED) is 0.0638. The van der Waals surface area contributed by atoms with Gasteiger partial charge in [0.05, 0.1) is 36.4 Å². The van der Waals surface area contributed by atoms with Crippen LogP contribution in [0.3, 0.4) is 0 Å². The Kier molecular flexibility index (Phi) is 26.6. The summed E-state index contributed by atoms with van der Waals surface area (Å²) in [6, 6.07) is 0. The predicted octanol–water partition coefficient (Wildman–Crippen LogP) is 9.94. The summed E-state index contributed by atoms with van der Waals surface area (Å²) in [4.78, 5) is 148. The molecule has 0 amide bonds. The van der Waals surface area contributed by atoms with E-state index in [-0.39, 0.29) is 144 Å². The molecule has 0 saturated heterocycles. The molecule has 0 heterocycles. The van der Waals surface area contributed by atoms with Gasteiger partial charge in [-0.3, -0.25) is 57.5 Å². The Morgan fingerprint density at radius 2 is 0.750 bits per heavy atom. The van der Waals surface area contributed by atoms with Crippen molar-refractivity contribution < 1.29 is 142 Å². The summed E-state index contributed by atoms with van der Waals surface area (Å²) in [6.07, 6.45) is 26.5. The first kappa shape index (κ1) is 106. The summed E-state index contributed by atoms with van der Waals surface area (Å²) >= 11 is 6.01. The monoisotopic (exact) mass is 1970 g/mol. The molecule has 30 heteroatoms. The molecule has 26 nitrogen and oxygen atoms in total. The zero-order chi connectivity index (χ0) is 103. The minimum absolute atomic E-state index is 0.00912. The third-order valence-corrected chi connectivity index (χ3v) is 43.0. The van der Waals surface area contributed by atoms with Gasteiger partial charge in [-0.15, -0.1) is 11.6 Å². The van der Waals surface area contributed by atoms with Crippen molar-refractivity contribution in [2.24, 2.45) is 137 Å². The zero-order valence-corrected chi connectivity index (χ0v) is 83.3. The van der Waals surface area contributed by atoms with Crippen molar-refractivity contribution in [3.63, 3.8) is 0 Å². The number of rotatable bonds is 12. The molecule has 15 saturated carbocycles. The van der Waals surface area contributed by atoms with Crippen LogP contribution >= 0.6 is 11.6 Å². The van der Waals surface area contributed by atoms with Crippen molar-refractivity contribution in [2.75, 3.05) is 32.3 Å². The lowest BCUT2D eigenvalue weighted by Gasteiger charge is -2.62. The maximum absolute atomic E-state index is 17.2. The van der Waals surface area contributed by atoms with Crippen LogP contribution in [0, 0.1) is 137 Å². The van der Waals surface area contributed by atoms with Gasteiger partial charge < -0.3 is 71.1 Å². The number of fused-ring (bicyclic) bond motifs is 25. The Hall–Kier alpha value is -7.20. The van der Waals surface area contributed by atoms with E-state index in [1.54, 1.807) is 84.9 Å². The number of Topliss-reactive ketones (excluding diaryl/α,β-unsaturated/α-hetero) is 6. The van der Waals surface area contributed by atoms with Crippen molar-refractivity contribution in [1.29, 1.82) is 0 Å². The van der Waals surface area contributed by atoms with Crippen molar-refractivity contribution >= 4 is 81.2 Å². The van der Waals surface area contributed by atoms with Crippen LogP contribution in [0.25, 0.3) is 0 Å². The van der Waals surface area contributed by atoms with Gasteiger partial charge in [-0.25, -0.2) is 13.2 Å². The van der Waals surface area contributed by atoms with Crippen molar-refractivity contribution in [2.45, 2.75) is 313 Å². The molecule has 0 unspecified atom stereocenters. The fraction of sp³-hybridized carbons (Fsp3) is 0.709. The lowest BCUT2D eigenvalue weighted by Crippen LogP contribution is -2.70. The first-order chi connectivity index (χ1) is 65.2. The van der Waals surface area contributed by atoms with Crippen LogP contribution < -0.4 is 0 Å². The molecule has 766 valence electrons. The average Bonchev–Trinajstić information content (AvgIpc) is 1.43. The van der Waals surface area contributed by atoms with Crippen LogP contribution in [-0.4, -0.2) is 244 Å². The lowest BCUT2D eigenvalue weighted by atomic mass is 9.44. The lowest BCUT2D eigenvalue weighted by molar-refractivity contribution is -0.227. The SMILES string of the molecule is CCC(=O)O[C@]1(C(=O)CCl)[C@@H](C)C[C@H]2[C@@H]3CCC4=CC(=O)C=C[C@]4(C)[C@@]3(F)[C@@H](O)C[C@@]21C.C[C@@H]1C[C@H]2[C@@H]3CCC4=CC(=O)C=C[C@]4(C)[C@@]3(F)[C@@H](O)C[C@]2(C)[C@@]1(O)C(=O)CO.C[C@]12C=CC(=O)C=C1CC[C@@H]1[C@@H]2C(=O)C[C@@]2(C)[C@H]1CC[C@]2(O)C(=O)CO.C[C@]12C=CC(=O)C=C1CC[C@@H]1[C@@H]2[C@@H](O)C[C@@]2(C)[C@H]1CC[C@]2(O)C(=O)CO.C[C@]12C=CC(=O)C=C1CC[C@H]1[C@@H]3C[C@@H](O)[C@](O)(C(=O)CO)[C@@]3(C)C[C@H](O)[C@@]12F. The molecule has 0 aliphatic heterocycles. The van der Waals surface area contributed by atoms with Crippen LogP contribution in [0.2, 0.25) is 0 Å². The van der Waals surface area contributed by atoms with Crippen LogP contribution in [0.1, 0.15) is 238 Å². The molecule has 13 N–H and O–H groups in total. The standard InChI is InChI=1S/C25H32ClFO5.C22H29FO5.C21H27FO6.C21H28O5.C21H26O5/c1-5-21(31)32-25(20(30)13-26)14(2)10-18-17-7-6-15-11-16(28)8-9-22(15,3)24(17,27)19(29)12-23(18,25)4;1-12-8-16-15-5-4-13-9-14(25)6-7-19(13,2)21(15,23)17(26)10-20(16,3)22(12,28)18(27)11-24;1-18-6-5-12(24)7-11(18)3-4-13-14-8-15(25)21(28,17(27)10-23)19(14,2)9-16(26)20(13,18)22;2*1-19-7-5-13(23)9-12(19)3-4-14-15-6-8-21(26,17(25)11-22)20(15,2)10-16(24)18(14)19/h8-9,11,14,17-19,29H,5-7,10,12-13H2,1-4H3;6-7,9,12,15-17,24,26,28H,4-5,8,10-11H2,1-3H3;5-7,13-16,23,25-26,28H,3-4,8-10H2,1-2H3;5,7,9,14-16,18,22,24,26H,3-4,6,8,10-11H2,1-2H3;5,7,9,14-15,18,22,26H,3-4,6,8,10-11H2,1-2H3/t14-,17-,18-,19-,22-,23-,24-,25-;12-,15+,16+,17+,19+,20+,21+,22+;13-,14-,15+,16-,18-,19-,20-,21-;14-,15-,16-,18+,19-,20-,21-;14-,15-,18+,19-,20-,21-/m01000/s1. The van der Waals surface area contributed by atoms with E-state index < -0.39 is 209 Å². The van der Waals surface area contributed by atoms with Crippen molar-refractivity contribution in [3.05, 3.63) is 119 Å². The molecule has 0 spiro atoms. The van der Waals surface area contributed by atoms with Crippen LogP contribution in [-0.2, 0) is 62.3 Å². The van der Waals surface area contributed by atoms with Gasteiger partial charge in [0.2, 0.25) is 0 Å². The smallest absolute Gasteiger partial charge is 0.306 e. The van der Waals surface area contributed by atoms with Gasteiger partial charge in [-0.05, 0) is 264 Å². The highest BCUT2D eigenvalue weighted by molar-refractivity contribution is 6.29. The summed E-state index contributed by atoms with van der Waals surface area (Å²) in [7, 11) is 0. The molecule has 37 atom stereocenters. The second kappa shape index (κ2) is 35.3. The van der Waals surface area contributed by atoms with Gasteiger partial charge in [-0.2, -0.15) is 0 Å². The number of ketones is 11. The minimum Gasteiger partial charge on any atom is -0.450 e. The molecular formula is C110H142ClF3O26. The van der Waals surface area contributed by atoms with Gasteiger partial charge in [0.1, 0.15) is 49.0 Å². The second-order valence-electron chi connectivity index (χ2n) is 47.8. The summed E-state index contributed by atoms with van der Waals surface area (Å²) in [6.45, 7) is 20.5. The average molecular weight is 1970 g/mol. The van der Waals surface area contributed by atoms with Gasteiger partial charge in [0.15, 0.2) is 86.0 Å². The maximum atomic E-state index is 17.2. The summed E-state index contributed by atoms with van der Waals surface area (Å²) in [5.74, 6) is -7.88. The Bertz CT molecular complexity index is 5440. The molecule has 0 aromatic heterocycles. The van der Waals surface area contributed by atoms with Crippen LogP contribution in [0.15, 0.2) is 119 Å². The van der Waals surface area contributed by atoms with E-state index >= 15 is 13.2 Å². The second-order valence-corrected chi connectivity index (χ2v) is 48.1. The summed E-state index contributed by atoms with van der Waals surface area (Å²) in [5, 5.41) is 138. The Labute approximate surface area is 820 Å². The van der Waals surface area contributed by atoms with Crippen LogP contribution in [0.4, 0.5) is 13.2 Å². The molecule has 0 bridgehead atoms. The van der Waals surface area contributed by atoms with Crippen molar-refractivity contribution in [3.8, 4) is 0 Å². The maximum Gasteiger partial charge on any atom is 0.306 e. The number of allylic oxidation sites excluding steroid dienone is 20. The molecule has 0 radical (unpaired) electrons. The number of halogens is 4. The van der Waals surface area contributed by atoms with E-state index in [2.05, 4.69) is 6.92 Å². The highest BCUT2D eigenvalue weighted by Crippen LogP contribution is 2.77. The van der Waals surface area contributed by atoms with E-state index in [0.717, 1.165) is 43.3 Å². The van der Waals surface area contributed by atoms with Crippen LogP contribution in [0.5, 0.6) is 0 Å². The molecule has 15 fully saturated rings. The van der Waals surface area contributed by atoms with Gasteiger partial charge in [-0.1, -0.05) is 127 Å². The number of esters is 1. The fourth-order valence-electron chi connectivity index (χ4n) is 35.4. The van der Waals surface area contributed by atoms with Gasteiger partial charge >= 0.3 is 5.97 Å². The Balaban J connectivity index is 0.000000126. The van der Waals surface area contributed by atoms with E-state index in [4.69, 9.17) is 16.3 Å². The first-order valence-electron chi connectivity index (χ1n) is 50.7. The number of ether oxygens (including phenoxy) is 1. The highest BCUT2D eigenvalue weighted by atomic mass is 35.5. The van der Waals surface area contributed by atoms with E-state index in [1.807, 2.05) is 46.8 Å². The summed E-state index contributed by atoms with van der Waals surface area (Å²) in [5.41, 5.74) is -19.5. The van der Waals surface area contributed by atoms with E-state index in [1.165, 1.54) is 42.5 Å². The predicted molar refractivity (Wildman–Crippen MR) is 504 cm³/mol. The topological polar surface area (TPSA) is 477 Å². The fourth-order valence-corrected chi connectivity index (χ4v) is 35.6. The molecule has 0 aromatic carbocycles. The minimum atomic E-state index is -2.23. The number of carbonyl (C=O) groups is 12. The van der Waals surface area contributed by atoms with Crippen molar-refractivity contribution in [1.82, 2.24) is 0 Å². The zero-order valence-electron chi connectivity index (χ0n) is 82.6.